The minimum Gasteiger partial charge on any atom is -0.325 e. The van der Waals surface area contributed by atoms with E-state index < -0.39 is 0 Å². The maximum atomic E-state index is 12.3. The number of nitrogens with one attached hydrogen (secondary N) is 1. The Kier molecular flexibility index (Phi) is 5.38. The van der Waals surface area contributed by atoms with Crippen molar-refractivity contribution in [3.63, 3.8) is 0 Å². The number of para-hydroxylation sites is 1. The average molecular weight is 397 g/mol. The van der Waals surface area contributed by atoms with Gasteiger partial charge in [0.25, 0.3) is 0 Å². The van der Waals surface area contributed by atoms with E-state index in [2.05, 4.69) is 37.2 Å². The number of hydrogen-bond donors (Lipinski definition) is 1. The van der Waals surface area contributed by atoms with Crippen molar-refractivity contribution in [3.8, 4) is 0 Å². The molecule has 0 bridgehead atoms. The lowest BCUT2D eigenvalue weighted by atomic mass is 10.1. The van der Waals surface area contributed by atoms with E-state index in [1.807, 2.05) is 61.5 Å². The highest BCUT2D eigenvalue weighted by Crippen LogP contribution is 2.32. The Hall–Kier alpha value is -1.13. The van der Waals surface area contributed by atoms with Gasteiger partial charge in [-0.15, -0.1) is 0 Å². The van der Waals surface area contributed by atoms with Crippen LogP contribution in [0.4, 0.5) is 5.69 Å². The number of rotatable bonds is 4. The Balaban J connectivity index is 2.08. The fourth-order valence-corrected chi connectivity index (χ4v) is 2.82. The van der Waals surface area contributed by atoms with Crippen molar-refractivity contribution >= 4 is 43.5 Å². The van der Waals surface area contributed by atoms with Crippen molar-refractivity contribution in [2.24, 2.45) is 0 Å². The highest BCUT2D eigenvalue weighted by atomic mass is 79.9. The summed E-state index contributed by atoms with van der Waals surface area (Å²) in [4.78, 5) is 11.9. The zero-order chi connectivity index (χ0) is 14.5. The molecule has 0 aliphatic heterocycles. The summed E-state index contributed by atoms with van der Waals surface area (Å²) in [6.07, 6.45) is 0. The summed E-state index contributed by atoms with van der Waals surface area (Å²) in [7, 11) is 0. The first kappa shape index (κ1) is 15.3. The first-order valence-corrected chi connectivity index (χ1v) is 8.12. The van der Waals surface area contributed by atoms with Gasteiger partial charge in [0.05, 0.1) is 4.83 Å². The van der Waals surface area contributed by atoms with Gasteiger partial charge in [0.2, 0.25) is 5.91 Å². The topological polar surface area (TPSA) is 29.1 Å². The second-order valence-electron chi connectivity index (χ2n) is 4.52. The minimum atomic E-state index is -0.343. The van der Waals surface area contributed by atoms with E-state index in [4.69, 9.17) is 0 Å². The highest BCUT2D eigenvalue weighted by molar-refractivity contribution is 9.12. The predicted molar refractivity (Wildman–Crippen MR) is 90.6 cm³/mol. The van der Waals surface area contributed by atoms with E-state index in [9.17, 15) is 4.79 Å². The third-order valence-corrected chi connectivity index (χ3v) is 5.74. The Morgan fingerprint density at radius 3 is 2.25 bits per heavy atom. The molecule has 0 aromatic heterocycles. The number of benzene rings is 2. The SMILES string of the molecule is Cc1ccccc1NC(=O)[C@H](Br)[C@H](Br)c1ccccc1. The summed E-state index contributed by atoms with van der Waals surface area (Å²) in [5.74, 6) is -0.0648. The monoisotopic (exact) mass is 395 g/mol. The van der Waals surface area contributed by atoms with Crippen LogP contribution in [0.1, 0.15) is 16.0 Å². The molecule has 104 valence electrons. The van der Waals surface area contributed by atoms with Crippen molar-refractivity contribution in [3.05, 3.63) is 65.7 Å². The maximum Gasteiger partial charge on any atom is 0.239 e. The molecule has 0 aliphatic rings. The van der Waals surface area contributed by atoms with Gasteiger partial charge in [-0.1, -0.05) is 80.4 Å². The summed E-state index contributed by atoms with van der Waals surface area (Å²) in [6, 6.07) is 17.6. The molecular formula is C16H15Br2NO. The third kappa shape index (κ3) is 3.70. The molecular weight excluding hydrogens is 382 g/mol. The van der Waals surface area contributed by atoms with E-state index in [0.717, 1.165) is 16.8 Å². The van der Waals surface area contributed by atoms with Gasteiger partial charge in [0.15, 0.2) is 0 Å². The first-order chi connectivity index (χ1) is 9.59. The van der Waals surface area contributed by atoms with E-state index in [1.165, 1.54) is 0 Å². The standard InChI is InChI=1S/C16H15Br2NO/c1-11-7-5-6-10-13(11)19-16(20)15(18)14(17)12-8-3-2-4-9-12/h2-10,14-15H,1H3,(H,19,20)/t14-,15-/m1/s1. The quantitative estimate of drug-likeness (QED) is 0.736. The molecule has 0 spiro atoms. The number of carbonyl (C=O) groups is 1. The van der Waals surface area contributed by atoms with Crippen molar-refractivity contribution in [2.75, 3.05) is 5.32 Å². The molecule has 4 heteroatoms. The summed E-state index contributed by atoms with van der Waals surface area (Å²) in [5, 5.41) is 2.94. The van der Waals surface area contributed by atoms with Crippen molar-refractivity contribution in [1.82, 2.24) is 0 Å². The van der Waals surface area contributed by atoms with Crippen LogP contribution in [0.15, 0.2) is 54.6 Å². The second-order valence-corrected chi connectivity index (χ2v) is 6.49. The van der Waals surface area contributed by atoms with Gasteiger partial charge in [0.1, 0.15) is 4.83 Å². The normalized spacial score (nSPS) is 13.6. The largest absolute Gasteiger partial charge is 0.325 e. The molecule has 2 aromatic carbocycles. The zero-order valence-corrected chi connectivity index (χ0v) is 14.2. The Labute approximate surface area is 135 Å². The second kappa shape index (κ2) is 7.04. The van der Waals surface area contributed by atoms with Crippen LogP contribution < -0.4 is 5.32 Å². The van der Waals surface area contributed by atoms with Crippen LogP contribution in [-0.4, -0.2) is 10.7 Å². The van der Waals surface area contributed by atoms with Gasteiger partial charge in [-0.2, -0.15) is 0 Å². The van der Waals surface area contributed by atoms with E-state index in [0.29, 0.717) is 0 Å². The first-order valence-electron chi connectivity index (χ1n) is 6.29. The summed E-state index contributed by atoms with van der Waals surface area (Å²) in [5.41, 5.74) is 2.95. The van der Waals surface area contributed by atoms with Gasteiger partial charge >= 0.3 is 0 Å². The molecule has 2 nitrogen and oxygen atoms in total. The number of alkyl halides is 2. The van der Waals surface area contributed by atoms with Crippen molar-refractivity contribution in [1.29, 1.82) is 0 Å². The lowest BCUT2D eigenvalue weighted by molar-refractivity contribution is -0.115. The third-order valence-electron chi connectivity index (χ3n) is 3.03. The van der Waals surface area contributed by atoms with Crippen LogP contribution in [0.25, 0.3) is 0 Å². The number of halogens is 2. The predicted octanol–water partition coefficient (Wildman–Crippen LogP) is 4.83. The molecule has 1 N–H and O–H groups in total. The number of hydrogen-bond acceptors (Lipinski definition) is 1. The van der Waals surface area contributed by atoms with Gasteiger partial charge in [0, 0.05) is 5.69 Å². The fraction of sp³-hybridized carbons (Fsp3) is 0.188. The Bertz CT molecular complexity index is 586. The summed E-state index contributed by atoms with van der Waals surface area (Å²) in [6.45, 7) is 1.97. The average Bonchev–Trinajstić information content (AvgIpc) is 2.49. The number of aryl methyl sites for hydroxylation is 1. The molecule has 0 aliphatic carbocycles. The molecule has 0 radical (unpaired) electrons. The number of carbonyl (C=O) groups excluding carboxylic acids is 1. The summed E-state index contributed by atoms with van der Waals surface area (Å²) < 4.78 is 0. The van der Waals surface area contributed by atoms with Gasteiger partial charge in [-0.05, 0) is 24.1 Å². The van der Waals surface area contributed by atoms with Crippen LogP contribution in [0, 0.1) is 6.92 Å². The molecule has 0 heterocycles. The van der Waals surface area contributed by atoms with Crippen LogP contribution in [-0.2, 0) is 4.79 Å². The van der Waals surface area contributed by atoms with E-state index in [-0.39, 0.29) is 15.6 Å². The maximum absolute atomic E-state index is 12.3. The van der Waals surface area contributed by atoms with E-state index in [1.54, 1.807) is 0 Å². The van der Waals surface area contributed by atoms with Crippen LogP contribution in [0.2, 0.25) is 0 Å². The van der Waals surface area contributed by atoms with Crippen LogP contribution in [0.3, 0.4) is 0 Å². The van der Waals surface area contributed by atoms with Crippen molar-refractivity contribution in [2.45, 2.75) is 16.6 Å². The van der Waals surface area contributed by atoms with Gasteiger partial charge < -0.3 is 5.32 Å². The van der Waals surface area contributed by atoms with Gasteiger partial charge in [-0.25, -0.2) is 0 Å². The Morgan fingerprint density at radius 1 is 1.00 bits per heavy atom. The molecule has 0 fully saturated rings. The molecule has 1 amide bonds. The summed E-state index contributed by atoms with van der Waals surface area (Å²) >= 11 is 7.04. The van der Waals surface area contributed by atoms with E-state index >= 15 is 0 Å². The Morgan fingerprint density at radius 2 is 1.60 bits per heavy atom. The molecule has 2 aromatic rings. The lowest BCUT2D eigenvalue weighted by Gasteiger charge is -2.17. The van der Waals surface area contributed by atoms with Crippen molar-refractivity contribution < 1.29 is 4.79 Å². The van der Waals surface area contributed by atoms with Crippen LogP contribution >= 0.6 is 31.9 Å². The zero-order valence-electron chi connectivity index (χ0n) is 11.0. The molecule has 20 heavy (non-hydrogen) atoms. The minimum absolute atomic E-state index is 0.0648. The van der Waals surface area contributed by atoms with Gasteiger partial charge in [-0.3, -0.25) is 4.79 Å². The number of amides is 1. The molecule has 0 unspecified atom stereocenters. The lowest BCUT2D eigenvalue weighted by Crippen LogP contribution is -2.26. The smallest absolute Gasteiger partial charge is 0.239 e. The molecule has 2 rings (SSSR count). The molecule has 0 saturated heterocycles. The molecule has 0 saturated carbocycles. The molecule has 2 atom stereocenters. The number of anilines is 1. The fourth-order valence-electron chi connectivity index (χ4n) is 1.85. The highest BCUT2D eigenvalue weighted by Gasteiger charge is 2.25. The van der Waals surface area contributed by atoms with Crippen LogP contribution in [0.5, 0.6) is 0 Å².